The summed E-state index contributed by atoms with van der Waals surface area (Å²) >= 11 is 0. The van der Waals surface area contributed by atoms with E-state index in [-0.39, 0.29) is 13.2 Å². The van der Waals surface area contributed by atoms with Crippen molar-refractivity contribution in [2.75, 3.05) is 19.8 Å². The molecule has 4 rings (SSSR count). The Labute approximate surface area is 201 Å². The SMILES string of the molecule is CCOc1ccc(C(=O)NCC(=O)OCc2cc(=O)oc3ccc4ccccc4c23)cc1OCC. The van der Waals surface area contributed by atoms with Crippen LogP contribution in [0.4, 0.5) is 0 Å². The van der Waals surface area contributed by atoms with Crippen LogP contribution in [0.1, 0.15) is 29.8 Å². The van der Waals surface area contributed by atoms with Gasteiger partial charge in [0.05, 0.1) is 13.2 Å². The summed E-state index contributed by atoms with van der Waals surface area (Å²) in [5.74, 6) is -0.109. The van der Waals surface area contributed by atoms with Crippen molar-refractivity contribution >= 4 is 33.6 Å². The van der Waals surface area contributed by atoms with Gasteiger partial charge in [-0.2, -0.15) is 0 Å². The first-order chi connectivity index (χ1) is 17.0. The Morgan fingerprint density at radius 3 is 2.49 bits per heavy atom. The van der Waals surface area contributed by atoms with E-state index in [0.29, 0.717) is 46.8 Å². The van der Waals surface area contributed by atoms with Gasteiger partial charge in [0.1, 0.15) is 18.7 Å². The molecule has 0 aliphatic carbocycles. The minimum Gasteiger partial charge on any atom is -0.490 e. The standard InChI is InChI=1S/C27H25NO7/c1-3-32-21-11-10-18(13-23(21)33-4-2)27(31)28-15-25(30)34-16-19-14-24(29)35-22-12-9-17-7-5-6-8-20(17)26(19)22/h5-14H,3-4,15-16H2,1-2H3,(H,28,31). The quantitative estimate of drug-likeness (QED) is 0.220. The summed E-state index contributed by atoms with van der Waals surface area (Å²) in [4.78, 5) is 36.9. The van der Waals surface area contributed by atoms with Crippen molar-refractivity contribution in [2.24, 2.45) is 0 Å². The molecule has 35 heavy (non-hydrogen) atoms. The highest BCUT2D eigenvalue weighted by molar-refractivity contribution is 6.07. The third kappa shape index (κ3) is 5.43. The van der Waals surface area contributed by atoms with E-state index < -0.39 is 17.5 Å². The Bertz CT molecular complexity index is 1440. The van der Waals surface area contributed by atoms with Crippen molar-refractivity contribution < 1.29 is 28.2 Å². The van der Waals surface area contributed by atoms with Crippen molar-refractivity contribution in [1.82, 2.24) is 5.32 Å². The van der Waals surface area contributed by atoms with Crippen molar-refractivity contribution in [3.8, 4) is 11.5 Å². The van der Waals surface area contributed by atoms with Crippen LogP contribution in [0.15, 0.2) is 69.9 Å². The van der Waals surface area contributed by atoms with Crippen LogP contribution in [0.5, 0.6) is 11.5 Å². The largest absolute Gasteiger partial charge is 0.490 e. The molecule has 0 unspecified atom stereocenters. The maximum Gasteiger partial charge on any atom is 0.336 e. The fourth-order valence-electron chi connectivity index (χ4n) is 3.79. The molecule has 0 aliphatic heterocycles. The summed E-state index contributed by atoms with van der Waals surface area (Å²) in [6.45, 7) is 4.10. The van der Waals surface area contributed by atoms with E-state index in [2.05, 4.69) is 5.32 Å². The van der Waals surface area contributed by atoms with Crippen molar-refractivity contribution in [2.45, 2.75) is 20.5 Å². The number of ether oxygens (including phenoxy) is 3. The van der Waals surface area contributed by atoms with Gasteiger partial charge in [-0.25, -0.2) is 4.79 Å². The Balaban J connectivity index is 1.44. The first-order valence-corrected chi connectivity index (χ1v) is 11.3. The van der Waals surface area contributed by atoms with Crippen LogP contribution in [0, 0.1) is 0 Å². The Hall–Kier alpha value is -4.33. The molecule has 1 heterocycles. The zero-order valence-electron chi connectivity index (χ0n) is 19.5. The van der Waals surface area contributed by atoms with Gasteiger partial charge in [0.15, 0.2) is 11.5 Å². The second kappa shape index (κ2) is 10.7. The van der Waals surface area contributed by atoms with Crippen LogP contribution in [-0.4, -0.2) is 31.6 Å². The van der Waals surface area contributed by atoms with Crippen LogP contribution in [0.2, 0.25) is 0 Å². The highest BCUT2D eigenvalue weighted by Gasteiger charge is 2.15. The summed E-state index contributed by atoms with van der Waals surface area (Å²) in [6.07, 6.45) is 0. The smallest absolute Gasteiger partial charge is 0.336 e. The van der Waals surface area contributed by atoms with Gasteiger partial charge < -0.3 is 23.9 Å². The number of carbonyl (C=O) groups is 2. The monoisotopic (exact) mass is 475 g/mol. The molecule has 0 atom stereocenters. The fourth-order valence-corrected chi connectivity index (χ4v) is 3.79. The molecule has 1 aromatic heterocycles. The predicted molar refractivity (Wildman–Crippen MR) is 131 cm³/mol. The summed E-state index contributed by atoms with van der Waals surface area (Å²) in [7, 11) is 0. The second-order valence-electron chi connectivity index (χ2n) is 7.62. The minimum absolute atomic E-state index is 0.137. The molecule has 0 saturated heterocycles. The zero-order chi connectivity index (χ0) is 24.8. The molecule has 4 aromatic rings. The maximum atomic E-state index is 12.5. The van der Waals surface area contributed by atoms with Crippen LogP contribution in [0.25, 0.3) is 21.7 Å². The molecule has 0 spiro atoms. The van der Waals surface area contributed by atoms with E-state index in [4.69, 9.17) is 18.6 Å². The number of fused-ring (bicyclic) bond motifs is 3. The van der Waals surface area contributed by atoms with E-state index in [1.165, 1.54) is 6.07 Å². The van der Waals surface area contributed by atoms with E-state index >= 15 is 0 Å². The molecule has 0 bridgehead atoms. The highest BCUT2D eigenvalue weighted by Crippen LogP contribution is 2.29. The van der Waals surface area contributed by atoms with Gasteiger partial charge in [0.2, 0.25) is 0 Å². The van der Waals surface area contributed by atoms with Crippen molar-refractivity contribution in [3.63, 3.8) is 0 Å². The number of nitrogens with one attached hydrogen (secondary N) is 1. The summed E-state index contributed by atoms with van der Waals surface area (Å²) in [5, 5.41) is 5.10. The van der Waals surface area contributed by atoms with Crippen molar-refractivity contribution in [1.29, 1.82) is 0 Å². The summed E-state index contributed by atoms with van der Waals surface area (Å²) in [6, 6.07) is 17.4. The first kappa shape index (κ1) is 23.8. The van der Waals surface area contributed by atoms with Gasteiger partial charge in [-0.3, -0.25) is 9.59 Å². The first-order valence-electron chi connectivity index (χ1n) is 11.3. The lowest BCUT2D eigenvalue weighted by Crippen LogP contribution is -2.30. The molecule has 0 saturated carbocycles. The van der Waals surface area contributed by atoms with E-state index in [9.17, 15) is 14.4 Å². The van der Waals surface area contributed by atoms with E-state index in [1.807, 2.05) is 44.2 Å². The van der Waals surface area contributed by atoms with E-state index in [1.54, 1.807) is 24.3 Å². The Morgan fingerprint density at radius 1 is 0.914 bits per heavy atom. The lowest BCUT2D eigenvalue weighted by atomic mass is 10.0. The Morgan fingerprint density at radius 2 is 1.69 bits per heavy atom. The number of hydrogen-bond donors (Lipinski definition) is 1. The van der Waals surface area contributed by atoms with Crippen molar-refractivity contribution in [3.05, 3.63) is 82.2 Å². The van der Waals surface area contributed by atoms with Gasteiger partial charge in [0.25, 0.3) is 5.91 Å². The number of hydrogen-bond acceptors (Lipinski definition) is 7. The van der Waals surface area contributed by atoms with Gasteiger partial charge in [-0.15, -0.1) is 0 Å². The molecular weight excluding hydrogens is 450 g/mol. The minimum atomic E-state index is -0.643. The molecule has 0 aliphatic rings. The molecule has 0 radical (unpaired) electrons. The summed E-state index contributed by atoms with van der Waals surface area (Å²) in [5.41, 5.74) is 0.729. The van der Waals surface area contributed by atoms with Gasteiger partial charge in [-0.1, -0.05) is 30.3 Å². The number of esters is 1. The zero-order valence-corrected chi connectivity index (χ0v) is 19.5. The number of amides is 1. The van der Waals surface area contributed by atoms with Crippen LogP contribution in [-0.2, 0) is 16.1 Å². The average Bonchev–Trinajstić information content (AvgIpc) is 2.86. The number of carbonyl (C=O) groups excluding carboxylic acids is 2. The molecule has 8 nitrogen and oxygen atoms in total. The van der Waals surface area contributed by atoms with E-state index in [0.717, 1.165) is 10.8 Å². The lowest BCUT2D eigenvalue weighted by Gasteiger charge is -2.12. The molecule has 180 valence electrons. The highest BCUT2D eigenvalue weighted by atomic mass is 16.5. The van der Waals surface area contributed by atoms with Crippen LogP contribution < -0.4 is 20.4 Å². The molecule has 8 heteroatoms. The third-order valence-corrected chi connectivity index (χ3v) is 5.30. The van der Waals surface area contributed by atoms with Gasteiger partial charge in [-0.05, 0) is 48.9 Å². The molecule has 1 amide bonds. The second-order valence-corrected chi connectivity index (χ2v) is 7.62. The third-order valence-electron chi connectivity index (χ3n) is 5.30. The summed E-state index contributed by atoms with van der Waals surface area (Å²) < 4.78 is 21.7. The molecular formula is C27H25NO7. The number of benzene rings is 3. The van der Waals surface area contributed by atoms with Gasteiger partial charge in [0, 0.05) is 22.6 Å². The number of rotatable bonds is 9. The maximum absolute atomic E-state index is 12.5. The molecule has 1 N–H and O–H groups in total. The molecule has 3 aromatic carbocycles. The fraction of sp³-hybridized carbons (Fsp3) is 0.222. The van der Waals surface area contributed by atoms with Crippen LogP contribution in [0.3, 0.4) is 0 Å². The van der Waals surface area contributed by atoms with Crippen LogP contribution >= 0.6 is 0 Å². The molecule has 0 fully saturated rings. The predicted octanol–water partition coefficient (Wildman–Crippen LogP) is 4.22. The lowest BCUT2D eigenvalue weighted by molar-refractivity contribution is -0.143. The van der Waals surface area contributed by atoms with Gasteiger partial charge >= 0.3 is 11.6 Å². The normalized spacial score (nSPS) is 10.8. The Kier molecular flexibility index (Phi) is 7.30. The average molecular weight is 475 g/mol. The topological polar surface area (TPSA) is 104 Å².